The van der Waals surface area contributed by atoms with E-state index in [1.54, 1.807) is 0 Å². The molecule has 33 heavy (non-hydrogen) atoms. The van der Waals surface area contributed by atoms with Crippen LogP contribution in [-0.2, 0) is 0 Å². The Hall–Kier alpha value is -3.25. The van der Waals surface area contributed by atoms with Gasteiger partial charge in [0.1, 0.15) is 11.3 Å². The second-order valence-corrected chi connectivity index (χ2v) is 8.67. The van der Waals surface area contributed by atoms with Crippen molar-refractivity contribution in [3.8, 4) is 17.0 Å². The normalized spacial score (nSPS) is 14.1. The predicted octanol–water partition coefficient (Wildman–Crippen LogP) is 5.56. The Bertz CT molecular complexity index is 1220. The summed E-state index contributed by atoms with van der Waals surface area (Å²) in [6, 6.07) is 18.3. The molecular formula is C26H28ClN5O. The number of hydrogen-bond acceptors (Lipinski definition) is 5. The van der Waals surface area contributed by atoms with Crippen LogP contribution in [0, 0.1) is 0 Å². The van der Waals surface area contributed by atoms with E-state index in [1.807, 2.05) is 47.2 Å². The van der Waals surface area contributed by atoms with E-state index < -0.39 is 0 Å². The van der Waals surface area contributed by atoms with Gasteiger partial charge in [-0.05, 0) is 48.9 Å². The van der Waals surface area contributed by atoms with E-state index in [0.717, 1.165) is 84.7 Å². The van der Waals surface area contributed by atoms with Crippen molar-refractivity contribution < 1.29 is 4.74 Å². The van der Waals surface area contributed by atoms with Crippen LogP contribution in [0.2, 0.25) is 5.02 Å². The lowest BCUT2D eigenvalue weighted by molar-refractivity contribution is 0.309. The molecule has 0 atom stereocenters. The maximum atomic E-state index is 6.40. The molecule has 4 aromatic rings. The number of anilines is 2. The number of benzene rings is 2. The molecule has 0 unspecified atom stereocenters. The van der Waals surface area contributed by atoms with E-state index in [9.17, 15) is 0 Å². The fraction of sp³-hybridized carbons (Fsp3) is 0.308. The van der Waals surface area contributed by atoms with Gasteiger partial charge in [-0.1, -0.05) is 37.1 Å². The molecule has 7 heteroatoms. The van der Waals surface area contributed by atoms with Crippen LogP contribution >= 0.6 is 11.6 Å². The Balaban J connectivity index is 1.33. The van der Waals surface area contributed by atoms with Crippen LogP contribution in [0.15, 0.2) is 67.0 Å². The van der Waals surface area contributed by atoms with Gasteiger partial charge < -0.3 is 14.5 Å². The fourth-order valence-corrected chi connectivity index (χ4v) is 4.47. The summed E-state index contributed by atoms with van der Waals surface area (Å²) in [6.07, 6.45) is 5.93. The summed E-state index contributed by atoms with van der Waals surface area (Å²) in [4.78, 5) is 9.38. The smallest absolute Gasteiger partial charge is 0.154 e. The molecule has 1 fully saturated rings. The van der Waals surface area contributed by atoms with Crippen molar-refractivity contribution in [3.63, 3.8) is 0 Å². The van der Waals surface area contributed by atoms with Crippen molar-refractivity contribution in [2.24, 2.45) is 0 Å². The molecule has 3 heterocycles. The summed E-state index contributed by atoms with van der Waals surface area (Å²) >= 11 is 6.40. The van der Waals surface area contributed by atoms with Crippen LogP contribution in [-0.4, -0.2) is 47.4 Å². The number of ether oxygens (including phenoxy) is 1. The Labute approximate surface area is 199 Å². The van der Waals surface area contributed by atoms with Gasteiger partial charge in [0, 0.05) is 44.1 Å². The van der Waals surface area contributed by atoms with Crippen LogP contribution in [0.25, 0.3) is 16.8 Å². The van der Waals surface area contributed by atoms with Gasteiger partial charge in [0.25, 0.3) is 0 Å². The van der Waals surface area contributed by atoms with Crippen molar-refractivity contribution in [2.75, 3.05) is 42.6 Å². The maximum absolute atomic E-state index is 6.40. The molecule has 6 nitrogen and oxygen atoms in total. The molecule has 0 amide bonds. The van der Waals surface area contributed by atoms with Crippen LogP contribution in [0.3, 0.4) is 0 Å². The average molecular weight is 462 g/mol. The van der Waals surface area contributed by atoms with E-state index >= 15 is 0 Å². The summed E-state index contributed by atoms with van der Waals surface area (Å²) in [5, 5.41) is 5.60. The summed E-state index contributed by atoms with van der Waals surface area (Å²) in [6.45, 7) is 6.46. The van der Waals surface area contributed by atoms with Gasteiger partial charge in [0.15, 0.2) is 5.82 Å². The number of para-hydroxylation sites is 1. The third-order valence-corrected chi connectivity index (χ3v) is 6.38. The average Bonchev–Trinajstić information content (AvgIpc) is 3.30. The first-order chi connectivity index (χ1) is 16.2. The van der Waals surface area contributed by atoms with Crippen molar-refractivity contribution in [1.29, 1.82) is 0 Å². The third kappa shape index (κ3) is 4.62. The minimum Gasteiger partial charge on any atom is -0.494 e. The zero-order valence-corrected chi connectivity index (χ0v) is 19.6. The number of fused-ring (bicyclic) bond motifs is 1. The van der Waals surface area contributed by atoms with E-state index in [0.29, 0.717) is 0 Å². The summed E-state index contributed by atoms with van der Waals surface area (Å²) < 4.78 is 7.71. The number of unbranched alkanes of at least 4 members (excludes halogenated alkanes) is 1. The van der Waals surface area contributed by atoms with Crippen LogP contribution in [0.4, 0.5) is 11.5 Å². The minimum atomic E-state index is 0.753. The molecule has 1 saturated heterocycles. The first-order valence-electron chi connectivity index (χ1n) is 11.5. The van der Waals surface area contributed by atoms with E-state index in [4.69, 9.17) is 26.4 Å². The molecular weight excluding hydrogens is 434 g/mol. The van der Waals surface area contributed by atoms with Gasteiger partial charge in [-0.3, -0.25) is 0 Å². The van der Waals surface area contributed by atoms with Crippen molar-refractivity contribution in [3.05, 3.63) is 72.0 Å². The first-order valence-corrected chi connectivity index (χ1v) is 11.9. The van der Waals surface area contributed by atoms with E-state index in [-0.39, 0.29) is 0 Å². The largest absolute Gasteiger partial charge is 0.494 e. The fourth-order valence-electron chi connectivity index (χ4n) is 4.22. The molecule has 1 aliphatic heterocycles. The highest BCUT2D eigenvalue weighted by Crippen LogP contribution is 2.29. The molecule has 0 bridgehead atoms. The molecule has 170 valence electrons. The zero-order chi connectivity index (χ0) is 22.6. The molecule has 2 aromatic carbocycles. The van der Waals surface area contributed by atoms with Gasteiger partial charge >= 0.3 is 0 Å². The van der Waals surface area contributed by atoms with Gasteiger partial charge in [-0.15, -0.1) is 0 Å². The van der Waals surface area contributed by atoms with Crippen LogP contribution in [0.1, 0.15) is 19.8 Å². The van der Waals surface area contributed by atoms with Crippen molar-refractivity contribution in [1.82, 2.24) is 14.6 Å². The maximum Gasteiger partial charge on any atom is 0.154 e. The SMILES string of the molecule is CCCCOc1ccc(-c2cc3c(N4CCN(c5ccccc5Cl)CC4)nccn3n2)cc1. The first kappa shape index (κ1) is 21.6. The lowest BCUT2D eigenvalue weighted by Gasteiger charge is -2.37. The lowest BCUT2D eigenvalue weighted by Crippen LogP contribution is -2.47. The molecule has 0 saturated carbocycles. The summed E-state index contributed by atoms with van der Waals surface area (Å²) in [5.41, 5.74) is 4.11. The molecule has 5 rings (SSSR count). The Kier molecular flexibility index (Phi) is 6.35. The molecule has 2 aromatic heterocycles. The van der Waals surface area contributed by atoms with Gasteiger partial charge in [-0.2, -0.15) is 5.10 Å². The number of piperazine rings is 1. The molecule has 0 radical (unpaired) electrons. The monoisotopic (exact) mass is 461 g/mol. The minimum absolute atomic E-state index is 0.753. The number of halogens is 1. The molecule has 0 aliphatic carbocycles. The second-order valence-electron chi connectivity index (χ2n) is 8.26. The third-order valence-electron chi connectivity index (χ3n) is 6.06. The van der Waals surface area contributed by atoms with Crippen LogP contribution in [0.5, 0.6) is 5.75 Å². The predicted molar refractivity (Wildman–Crippen MR) is 135 cm³/mol. The van der Waals surface area contributed by atoms with Gasteiger partial charge in [0.05, 0.1) is 23.0 Å². The number of nitrogens with zero attached hydrogens (tertiary/aromatic N) is 5. The number of aromatic nitrogens is 3. The number of hydrogen-bond donors (Lipinski definition) is 0. The standard InChI is InChI=1S/C26H28ClN5O/c1-2-3-18-33-21-10-8-20(9-11-21)23-19-25-26(28-12-13-32(25)29-23)31-16-14-30(15-17-31)24-7-5-4-6-22(24)27/h4-13,19H,2-3,14-18H2,1H3. The van der Waals surface area contributed by atoms with Gasteiger partial charge in [-0.25, -0.2) is 9.50 Å². The topological polar surface area (TPSA) is 45.9 Å². The van der Waals surface area contributed by atoms with Crippen LogP contribution < -0.4 is 14.5 Å². The molecule has 1 aliphatic rings. The molecule has 0 N–H and O–H groups in total. The highest BCUT2D eigenvalue weighted by molar-refractivity contribution is 6.33. The lowest BCUT2D eigenvalue weighted by atomic mass is 10.1. The Morgan fingerprint density at radius 3 is 2.48 bits per heavy atom. The van der Waals surface area contributed by atoms with E-state index in [1.165, 1.54) is 0 Å². The van der Waals surface area contributed by atoms with Gasteiger partial charge in [0.2, 0.25) is 0 Å². The number of rotatable bonds is 7. The zero-order valence-electron chi connectivity index (χ0n) is 18.8. The molecule has 0 spiro atoms. The summed E-state index contributed by atoms with van der Waals surface area (Å²) in [5.74, 6) is 1.87. The van der Waals surface area contributed by atoms with E-state index in [2.05, 4.69) is 41.0 Å². The summed E-state index contributed by atoms with van der Waals surface area (Å²) in [7, 11) is 0. The Morgan fingerprint density at radius 1 is 0.970 bits per heavy atom. The highest BCUT2D eigenvalue weighted by atomic mass is 35.5. The highest BCUT2D eigenvalue weighted by Gasteiger charge is 2.22. The van der Waals surface area contributed by atoms with Crippen molar-refractivity contribution >= 4 is 28.6 Å². The quantitative estimate of drug-likeness (QED) is 0.337. The van der Waals surface area contributed by atoms with Crippen molar-refractivity contribution in [2.45, 2.75) is 19.8 Å². The Morgan fingerprint density at radius 2 is 1.73 bits per heavy atom. The second kappa shape index (κ2) is 9.71.